The molecule has 166 valence electrons. The first kappa shape index (κ1) is 22.2. The van der Waals surface area contributed by atoms with Gasteiger partial charge in [0.05, 0.1) is 6.54 Å². The van der Waals surface area contributed by atoms with Gasteiger partial charge in [0.2, 0.25) is 5.91 Å². The summed E-state index contributed by atoms with van der Waals surface area (Å²) in [7, 11) is 0. The van der Waals surface area contributed by atoms with Crippen molar-refractivity contribution in [2.45, 2.75) is 25.4 Å². The fourth-order valence-corrected chi connectivity index (χ4v) is 5.27. The van der Waals surface area contributed by atoms with Crippen LogP contribution in [-0.2, 0) is 20.0 Å². The summed E-state index contributed by atoms with van der Waals surface area (Å²) in [5.74, 6) is -1.64. The summed E-state index contributed by atoms with van der Waals surface area (Å²) in [5.41, 5.74) is 1.31. The maximum Gasteiger partial charge on any atom is 0.313 e. The van der Waals surface area contributed by atoms with E-state index in [2.05, 4.69) is 10.6 Å². The molecule has 1 fully saturated rings. The molecule has 1 aliphatic heterocycles. The molecule has 0 aliphatic carbocycles. The van der Waals surface area contributed by atoms with Crippen LogP contribution in [0.25, 0.3) is 0 Å². The summed E-state index contributed by atoms with van der Waals surface area (Å²) < 4.78 is 0. The Morgan fingerprint density at radius 1 is 1.19 bits per heavy atom. The number of hydrogen-bond acceptors (Lipinski definition) is 6. The van der Waals surface area contributed by atoms with Crippen molar-refractivity contribution in [1.82, 2.24) is 5.32 Å². The Morgan fingerprint density at radius 2 is 2.03 bits per heavy atom. The maximum absolute atomic E-state index is 12.5. The number of nitrogens with zero attached hydrogens (tertiary/aromatic N) is 1. The number of anilines is 2. The van der Waals surface area contributed by atoms with Gasteiger partial charge in [-0.25, -0.2) is 0 Å². The minimum atomic E-state index is -1.42. The number of nitrogens with one attached hydrogen (secondary N) is 2. The van der Waals surface area contributed by atoms with E-state index in [1.165, 1.54) is 22.7 Å². The molecule has 1 atom stereocenters. The largest absolute Gasteiger partial charge is 0.378 e. The molecule has 4 rings (SSSR count). The third-order valence-corrected chi connectivity index (χ3v) is 7.17. The van der Waals surface area contributed by atoms with Gasteiger partial charge in [-0.2, -0.15) is 11.3 Å². The zero-order valence-corrected chi connectivity index (χ0v) is 19.1. The molecule has 0 bridgehead atoms. The first-order chi connectivity index (χ1) is 15.4. The molecule has 0 radical (unpaired) electrons. The molecule has 3 amide bonds. The molecule has 0 spiro atoms. The molecule has 1 unspecified atom stereocenters. The zero-order chi connectivity index (χ0) is 22.7. The van der Waals surface area contributed by atoms with Crippen molar-refractivity contribution in [3.63, 3.8) is 0 Å². The normalized spacial score (nSPS) is 15.4. The zero-order valence-electron chi connectivity index (χ0n) is 17.5. The first-order valence-electron chi connectivity index (χ1n) is 10.2. The summed E-state index contributed by atoms with van der Waals surface area (Å²) in [6, 6.07) is 10.6. The highest BCUT2D eigenvalue weighted by Gasteiger charge is 2.34. The van der Waals surface area contributed by atoms with Crippen LogP contribution in [-0.4, -0.2) is 35.9 Å². The molecule has 1 aliphatic rings. The predicted octanol–water partition coefficient (Wildman–Crippen LogP) is 3.24. The second-order valence-corrected chi connectivity index (χ2v) is 9.36. The number of carbonyl (C=O) groups is 3. The van der Waals surface area contributed by atoms with Gasteiger partial charge in [0.25, 0.3) is 0 Å². The number of rotatable bonds is 6. The molecular formula is C23H23N3O4S2. The highest BCUT2D eigenvalue weighted by molar-refractivity contribution is 7.10. The number of hydrogen-bond donors (Lipinski definition) is 3. The second kappa shape index (κ2) is 9.23. The van der Waals surface area contributed by atoms with Crippen LogP contribution in [0.1, 0.15) is 28.8 Å². The highest BCUT2D eigenvalue weighted by atomic mass is 32.1. The molecule has 2 aromatic heterocycles. The van der Waals surface area contributed by atoms with E-state index in [0.29, 0.717) is 29.1 Å². The van der Waals surface area contributed by atoms with E-state index in [1.54, 1.807) is 35.2 Å². The lowest BCUT2D eigenvalue weighted by Crippen LogP contribution is -2.44. The smallest absolute Gasteiger partial charge is 0.313 e. The van der Waals surface area contributed by atoms with E-state index in [1.807, 2.05) is 29.1 Å². The maximum atomic E-state index is 12.5. The highest BCUT2D eigenvalue weighted by Crippen LogP contribution is 2.33. The molecule has 0 saturated carbocycles. The van der Waals surface area contributed by atoms with Crippen molar-refractivity contribution in [2.24, 2.45) is 0 Å². The third kappa shape index (κ3) is 4.45. The van der Waals surface area contributed by atoms with Crippen LogP contribution in [0, 0.1) is 6.92 Å². The standard InChI is InChI=1S/C23H23N3O4S2/c1-15-6-7-17(12-18(15)26-9-2-5-20(26)27)25-22(29)21(28)24-14-23(30,16-8-11-31-13-16)19-4-3-10-32-19/h3-4,6-8,10-13,30H,2,5,9,14H2,1H3,(H,24,28)(H,25,29). The summed E-state index contributed by atoms with van der Waals surface area (Å²) >= 11 is 2.82. The summed E-state index contributed by atoms with van der Waals surface area (Å²) in [6.45, 7) is 2.40. The van der Waals surface area contributed by atoms with E-state index >= 15 is 0 Å². The predicted molar refractivity (Wildman–Crippen MR) is 126 cm³/mol. The van der Waals surface area contributed by atoms with Gasteiger partial charge in [-0.15, -0.1) is 11.3 Å². The monoisotopic (exact) mass is 469 g/mol. The van der Waals surface area contributed by atoms with Gasteiger partial charge in [-0.05, 0) is 59.3 Å². The molecule has 3 heterocycles. The van der Waals surface area contributed by atoms with Crippen molar-refractivity contribution in [2.75, 3.05) is 23.3 Å². The Labute approximate surface area is 193 Å². The quantitative estimate of drug-likeness (QED) is 0.483. The van der Waals surface area contributed by atoms with Crippen LogP contribution in [0.2, 0.25) is 0 Å². The molecule has 9 heteroatoms. The Morgan fingerprint density at radius 3 is 2.69 bits per heavy atom. The summed E-state index contributed by atoms with van der Waals surface area (Å²) in [4.78, 5) is 39.5. The Bertz CT molecular complexity index is 1090. The number of aryl methyl sites for hydroxylation is 1. The van der Waals surface area contributed by atoms with Gasteiger partial charge in [0.1, 0.15) is 5.60 Å². The van der Waals surface area contributed by atoms with Gasteiger partial charge in [0.15, 0.2) is 0 Å². The molecule has 3 N–H and O–H groups in total. The lowest BCUT2D eigenvalue weighted by molar-refractivity contribution is -0.136. The van der Waals surface area contributed by atoms with Crippen LogP contribution in [0.5, 0.6) is 0 Å². The summed E-state index contributed by atoms with van der Waals surface area (Å²) in [6.07, 6.45) is 1.31. The third-order valence-electron chi connectivity index (χ3n) is 5.47. The van der Waals surface area contributed by atoms with E-state index < -0.39 is 17.4 Å². The molecule has 7 nitrogen and oxygen atoms in total. The minimum Gasteiger partial charge on any atom is -0.378 e. The summed E-state index contributed by atoms with van der Waals surface area (Å²) in [5, 5.41) is 22.0. The number of thiophene rings is 2. The SMILES string of the molecule is Cc1ccc(NC(=O)C(=O)NCC(O)(c2ccsc2)c2cccs2)cc1N1CCCC1=O. The molecule has 32 heavy (non-hydrogen) atoms. The lowest BCUT2D eigenvalue weighted by Gasteiger charge is -2.26. The Kier molecular flexibility index (Phi) is 6.40. The fraction of sp³-hybridized carbons (Fsp3) is 0.261. The number of aliphatic hydroxyl groups is 1. The number of carbonyl (C=O) groups excluding carboxylic acids is 3. The number of benzene rings is 1. The molecule has 1 aromatic carbocycles. The minimum absolute atomic E-state index is 0.0515. The Balaban J connectivity index is 1.44. The molecule has 1 saturated heterocycles. The lowest BCUT2D eigenvalue weighted by atomic mass is 9.94. The van der Waals surface area contributed by atoms with Gasteiger partial charge in [-0.1, -0.05) is 12.1 Å². The molecule has 3 aromatic rings. The van der Waals surface area contributed by atoms with Crippen LogP contribution in [0.4, 0.5) is 11.4 Å². The van der Waals surface area contributed by atoms with Crippen LogP contribution in [0.3, 0.4) is 0 Å². The van der Waals surface area contributed by atoms with Crippen LogP contribution in [0.15, 0.2) is 52.5 Å². The van der Waals surface area contributed by atoms with E-state index in [0.717, 1.165) is 17.7 Å². The van der Waals surface area contributed by atoms with Crippen LogP contribution >= 0.6 is 22.7 Å². The Hall–Kier alpha value is -3.01. The van der Waals surface area contributed by atoms with E-state index in [9.17, 15) is 19.5 Å². The van der Waals surface area contributed by atoms with Gasteiger partial charge < -0.3 is 20.6 Å². The van der Waals surface area contributed by atoms with Gasteiger partial charge >= 0.3 is 11.8 Å². The van der Waals surface area contributed by atoms with Crippen molar-refractivity contribution >= 4 is 51.8 Å². The average Bonchev–Trinajstić information content (AvgIpc) is 3.55. The van der Waals surface area contributed by atoms with Crippen molar-refractivity contribution in [3.05, 3.63) is 68.5 Å². The van der Waals surface area contributed by atoms with Gasteiger partial charge in [0, 0.05) is 34.8 Å². The van der Waals surface area contributed by atoms with Gasteiger partial charge in [-0.3, -0.25) is 14.4 Å². The van der Waals surface area contributed by atoms with E-state index in [-0.39, 0.29) is 12.5 Å². The topological polar surface area (TPSA) is 98.7 Å². The fourth-order valence-electron chi connectivity index (χ4n) is 3.70. The number of amides is 3. The van der Waals surface area contributed by atoms with E-state index in [4.69, 9.17) is 0 Å². The van der Waals surface area contributed by atoms with Crippen molar-refractivity contribution in [3.8, 4) is 0 Å². The van der Waals surface area contributed by atoms with Crippen molar-refractivity contribution in [1.29, 1.82) is 0 Å². The van der Waals surface area contributed by atoms with Crippen LogP contribution < -0.4 is 15.5 Å². The molecular weight excluding hydrogens is 446 g/mol. The van der Waals surface area contributed by atoms with Crippen molar-refractivity contribution < 1.29 is 19.5 Å². The first-order valence-corrected chi connectivity index (χ1v) is 12.0. The average molecular weight is 470 g/mol. The second-order valence-electron chi connectivity index (χ2n) is 7.64.